The van der Waals surface area contributed by atoms with Crippen LogP contribution in [-0.2, 0) is 23.8 Å². The summed E-state index contributed by atoms with van der Waals surface area (Å²) in [7, 11) is 4.94. The predicted molar refractivity (Wildman–Crippen MR) is 81.2 cm³/mol. The van der Waals surface area contributed by atoms with Crippen LogP contribution >= 0.6 is 0 Å². The molecule has 0 aliphatic carbocycles. The van der Waals surface area contributed by atoms with E-state index < -0.39 is 29.6 Å². The number of aliphatic carboxylic acids is 1. The molecular weight excluding hydrogens is 318 g/mol. The number of carboxylic acid groups (broad SMARTS) is 1. The smallest absolute Gasteiger partial charge is 0.367 e. The summed E-state index contributed by atoms with van der Waals surface area (Å²) in [6, 6.07) is 7.90. The highest BCUT2D eigenvalue weighted by molar-refractivity contribution is 5.83. The SMILES string of the molecule is COC(=O)C(OC)(OC)[C@@H](c1ccc(OC)cc1)[C@@H](C#N)C(=O)O. The van der Waals surface area contributed by atoms with Crippen LogP contribution in [0.4, 0.5) is 0 Å². The number of hydrogen-bond acceptors (Lipinski definition) is 7. The molecule has 1 aromatic rings. The number of nitrogens with zero attached hydrogens (tertiary/aromatic N) is 1. The zero-order chi connectivity index (χ0) is 18.3. The number of benzene rings is 1. The first kappa shape index (κ1) is 19.4. The Hall–Kier alpha value is -2.63. The molecule has 0 heterocycles. The largest absolute Gasteiger partial charge is 0.497 e. The molecule has 8 heteroatoms. The summed E-state index contributed by atoms with van der Waals surface area (Å²) in [4.78, 5) is 23.8. The van der Waals surface area contributed by atoms with Crippen molar-refractivity contribution < 1.29 is 33.6 Å². The quantitative estimate of drug-likeness (QED) is 0.555. The fraction of sp³-hybridized carbons (Fsp3) is 0.438. The number of methoxy groups -OCH3 is 4. The van der Waals surface area contributed by atoms with E-state index in [1.165, 1.54) is 33.5 Å². The number of carbonyl (C=O) groups is 2. The number of rotatable bonds is 8. The van der Waals surface area contributed by atoms with Crippen LogP contribution in [0.2, 0.25) is 0 Å². The average molecular weight is 337 g/mol. The molecule has 1 rings (SSSR count). The van der Waals surface area contributed by atoms with Crippen molar-refractivity contribution in [1.29, 1.82) is 5.26 Å². The van der Waals surface area contributed by atoms with Crippen LogP contribution in [0.25, 0.3) is 0 Å². The molecule has 0 saturated carbocycles. The third-order valence-corrected chi connectivity index (χ3v) is 3.70. The number of carbonyl (C=O) groups excluding carboxylic acids is 1. The molecule has 130 valence electrons. The summed E-state index contributed by atoms with van der Waals surface area (Å²) in [6.45, 7) is 0. The maximum Gasteiger partial charge on any atom is 0.367 e. The lowest BCUT2D eigenvalue weighted by Crippen LogP contribution is -2.52. The minimum atomic E-state index is -2.10. The molecule has 0 aromatic heterocycles. The Labute approximate surface area is 139 Å². The molecule has 0 fully saturated rings. The average Bonchev–Trinajstić information content (AvgIpc) is 2.61. The molecule has 0 aliphatic heterocycles. The number of carboxylic acids is 1. The Balaban J connectivity index is 3.59. The summed E-state index contributed by atoms with van der Waals surface area (Å²) in [6.07, 6.45) is 0. The standard InChI is InChI=1S/C16H19NO7/c1-21-11-7-5-10(6-8-11)13(12(9-17)14(18)19)16(23-3,24-4)15(20)22-2/h5-8,12-13H,1-4H3,(H,18,19)/t12-,13+/m1/s1. The van der Waals surface area contributed by atoms with Gasteiger partial charge in [0.25, 0.3) is 5.79 Å². The number of hydrogen-bond donors (Lipinski definition) is 1. The molecule has 2 atom stereocenters. The normalized spacial score (nSPS) is 13.5. The lowest BCUT2D eigenvalue weighted by atomic mass is 9.79. The highest BCUT2D eigenvalue weighted by Crippen LogP contribution is 2.39. The second-order valence-corrected chi connectivity index (χ2v) is 4.76. The molecule has 1 aromatic carbocycles. The third-order valence-electron chi connectivity index (χ3n) is 3.70. The Morgan fingerprint density at radius 1 is 1.12 bits per heavy atom. The van der Waals surface area contributed by atoms with Crippen LogP contribution in [0.5, 0.6) is 5.75 Å². The highest BCUT2D eigenvalue weighted by atomic mass is 16.7. The second kappa shape index (κ2) is 8.29. The van der Waals surface area contributed by atoms with Crippen LogP contribution in [0.3, 0.4) is 0 Å². The van der Waals surface area contributed by atoms with E-state index in [2.05, 4.69) is 0 Å². The van der Waals surface area contributed by atoms with Crippen molar-refractivity contribution in [3.05, 3.63) is 29.8 Å². The van der Waals surface area contributed by atoms with E-state index in [-0.39, 0.29) is 0 Å². The highest BCUT2D eigenvalue weighted by Gasteiger charge is 2.54. The van der Waals surface area contributed by atoms with Crippen molar-refractivity contribution in [1.82, 2.24) is 0 Å². The molecule has 0 unspecified atom stereocenters. The minimum absolute atomic E-state index is 0.346. The van der Waals surface area contributed by atoms with Crippen molar-refractivity contribution in [3.63, 3.8) is 0 Å². The molecule has 0 saturated heterocycles. The maximum atomic E-state index is 12.3. The zero-order valence-corrected chi connectivity index (χ0v) is 13.8. The van der Waals surface area contributed by atoms with Crippen LogP contribution in [0.1, 0.15) is 11.5 Å². The summed E-state index contributed by atoms with van der Waals surface area (Å²) >= 11 is 0. The fourth-order valence-electron chi connectivity index (χ4n) is 2.49. The minimum Gasteiger partial charge on any atom is -0.497 e. The van der Waals surface area contributed by atoms with Crippen LogP contribution < -0.4 is 4.74 Å². The first-order chi connectivity index (χ1) is 11.4. The Morgan fingerprint density at radius 3 is 2.00 bits per heavy atom. The molecule has 8 nitrogen and oxygen atoms in total. The van der Waals surface area contributed by atoms with Crippen molar-refractivity contribution in [2.24, 2.45) is 5.92 Å². The van der Waals surface area contributed by atoms with Gasteiger partial charge >= 0.3 is 11.9 Å². The van der Waals surface area contributed by atoms with Gasteiger partial charge in [-0.3, -0.25) is 4.79 Å². The molecule has 1 N–H and O–H groups in total. The van der Waals surface area contributed by atoms with E-state index in [1.807, 2.05) is 0 Å². The topological polar surface area (TPSA) is 115 Å². The van der Waals surface area contributed by atoms with Gasteiger partial charge in [0, 0.05) is 14.2 Å². The van der Waals surface area contributed by atoms with Crippen LogP contribution in [-0.4, -0.2) is 51.3 Å². The Kier molecular flexibility index (Phi) is 6.70. The van der Waals surface area contributed by atoms with E-state index in [1.54, 1.807) is 18.2 Å². The fourth-order valence-corrected chi connectivity index (χ4v) is 2.49. The molecule has 0 spiro atoms. The Morgan fingerprint density at radius 2 is 1.67 bits per heavy atom. The summed E-state index contributed by atoms with van der Waals surface area (Å²) < 4.78 is 20.2. The van der Waals surface area contributed by atoms with Crippen molar-refractivity contribution in [2.45, 2.75) is 11.7 Å². The van der Waals surface area contributed by atoms with Gasteiger partial charge in [0.15, 0.2) is 5.92 Å². The van der Waals surface area contributed by atoms with Gasteiger partial charge in [0.2, 0.25) is 0 Å². The molecule has 0 aliphatic rings. The molecular formula is C16H19NO7. The number of ether oxygens (including phenoxy) is 4. The molecule has 0 radical (unpaired) electrons. The van der Waals surface area contributed by atoms with Gasteiger partial charge < -0.3 is 24.1 Å². The second-order valence-electron chi connectivity index (χ2n) is 4.76. The summed E-state index contributed by atoms with van der Waals surface area (Å²) in [5.41, 5.74) is 0.346. The lowest BCUT2D eigenvalue weighted by Gasteiger charge is -2.36. The molecule has 0 amide bonds. The Bertz CT molecular complexity index is 616. The van der Waals surface area contributed by atoms with E-state index in [0.717, 1.165) is 7.11 Å². The lowest BCUT2D eigenvalue weighted by molar-refractivity contribution is -0.240. The van der Waals surface area contributed by atoms with Gasteiger partial charge in [-0.15, -0.1) is 0 Å². The predicted octanol–water partition coefficient (Wildman–Crippen LogP) is 1.17. The van der Waals surface area contributed by atoms with Crippen molar-refractivity contribution in [2.75, 3.05) is 28.4 Å². The van der Waals surface area contributed by atoms with Gasteiger partial charge in [-0.05, 0) is 17.7 Å². The van der Waals surface area contributed by atoms with Gasteiger partial charge in [0.05, 0.1) is 26.2 Å². The van der Waals surface area contributed by atoms with E-state index >= 15 is 0 Å². The van der Waals surface area contributed by atoms with Crippen LogP contribution in [0.15, 0.2) is 24.3 Å². The number of nitriles is 1. The first-order valence-electron chi connectivity index (χ1n) is 6.86. The van der Waals surface area contributed by atoms with E-state index in [9.17, 15) is 20.0 Å². The first-order valence-corrected chi connectivity index (χ1v) is 6.86. The summed E-state index contributed by atoms with van der Waals surface area (Å²) in [5, 5.41) is 18.7. The van der Waals surface area contributed by atoms with Crippen molar-refractivity contribution >= 4 is 11.9 Å². The van der Waals surface area contributed by atoms with Crippen LogP contribution in [0, 0.1) is 17.2 Å². The molecule has 24 heavy (non-hydrogen) atoms. The maximum absolute atomic E-state index is 12.3. The number of esters is 1. The summed E-state index contributed by atoms with van der Waals surface area (Å²) in [5.74, 6) is -6.82. The van der Waals surface area contributed by atoms with E-state index in [0.29, 0.717) is 11.3 Å². The van der Waals surface area contributed by atoms with Gasteiger partial charge in [-0.2, -0.15) is 5.26 Å². The van der Waals surface area contributed by atoms with Gasteiger partial charge in [-0.25, -0.2) is 4.79 Å². The third kappa shape index (κ3) is 3.48. The van der Waals surface area contributed by atoms with Gasteiger partial charge in [-0.1, -0.05) is 12.1 Å². The monoisotopic (exact) mass is 337 g/mol. The van der Waals surface area contributed by atoms with Gasteiger partial charge in [0.1, 0.15) is 5.75 Å². The zero-order valence-electron chi connectivity index (χ0n) is 13.8. The van der Waals surface area contributed by atoms with E-state index in [4.69, 9.17) is 18.9 Å². The van der Waals surface area contributed by atoms with Crippen molar-refractivity contribution in [3.8, 4) is 11.8 Å². The molecule has 0 bridgehead atoms.